The van der Waals surface area contributed by atoms with Gasteiger partial charge in [-0.2, -0.15) is 0 Å². The molecule has 0 spiro atoms. The summed E-state index contributed by atoms with van der Waals surface area (Å²) in [6.07, 6.45) is 0. The maximum absolute atomic E-state index is 10.6. The van der Waals surface area contributed by atoms with Crippen LogP contribution >= 0.6 is 23.2 Å². The van der Waals surface area contributed by atoms with Gasteiger partial charge in [0.15, 0.2) is 0 Å². The predicted molar refractivity (Wildman–Crippen MR) is 50.4 cm³/mol. The van der Waals surface area contributed by atoms with Crippen molar-refractivity contribution < 1.29 is 19.8 Å². The molecular formula is C8H4Cl2O4. The topological polar surface area (TPSA) is 74.6 Å². The van der Waals surface area contributed by atoms with E-state index in [0.717, 1.165) is 12.1 Å². The highest BCUT2D eigenvalue weighted by molar-refractivity contribution is 6.38. The van der Waals surface area contributed by atoms with E-state index >= 15 is 0 Å². The maximum atomic E-state index is 10.6. The van der Waals surface area contributed by atoms with Crippen LogP contribution in [-0.4, -0.2) is 22.2 Å². The third kappa shape index (κ3) is 1.97. The lowest BCUT2D eigenvalue weighted by Crippen LogP contribution is -2.03. The number of hydrogen-bond acceptors (Lipinski definition) is 2. The first-order chi connectivity index (χ1) is 6.43. The lowest BCUT2D eigenvalue weighted by Gasteiger charge is -2.02. The summed E-state index contributed by atoms with van der Waals surface area (Å²) in [5.41, 5.74) is -0.568. The highest BCUT2D eigenvalue weighted by atomic mass is 35.5. The van der Waals surface area contributed by atoms with Crippen molar-refractivity contribution in [2.24, 2.45) is 0 Å². The van der Waals surface area contributed by atoms with Crippen molar-refractivity contribution in [3.05, 3.63) is 33.3 Å². The molecule has 0 fully saturated rings. The first kappa shape index (κ1) is 10.8. The largest absolute Gasteiger partial charge is 0.478 e. The Balaban J connectivity index is 3.42. The molecule has 1 rings (SSSR count). The Hall–Kier alpha value is -1.26. The van der Waals surface area contributed by atoms with E-state index in [2.05, 4.69) is 0 Å². The minimum atomic E-state index is -1.30. The molecule has 0 saturated carbocycles. The standard InChI is InChI=1S/C8H4Cl2O4/c9-5-2-6(10)4(8(13)14)1-3(5)7(11)12/h1-2H,(H,11,12)(H,13,14). The summed E-state index contributed by atoms with van der Waals surface area (Å²) in [4.78, 5) is 21.2. The van der Waals surface area contributed by atoms with Crippen LogP contribution < -0.4 is 0 Å². The first-order valence-corrected chi connectivity index (χ1v) is 4.14. The van der Waals surface area contributed by atoms with E-state index in [4.69, 9.17) is 33.4 Å². The van der Waals surface area contributed by atoms with Crippen molar-refractivity contribution in [1.29, 1.82) is 0 Å². The number of hydrogen-bond donors (Lipinski definition) is 2. The smallest absolute Gasteiger partial charge is 0.337 e. The van der Waals surface area contributed by atoms with E-state index in [-0.39, 0.29) is 21.2 Å². The van der Waals surface area contributed by atoms with E-state index in [9.17, 15) is 9.59 Å². The van der Waals surface area contributed by atoms with Crippen molar-refractivity contribution in [2.75, 3.05) is 0 Å². The van der Waals surface area contributed by atoms with Gasteiger partial charge in [0.25, 0.3) is 0 Å². The van der Waals surface area contributed by atoms with Crippen LogP contribution in [0.1, 0.15) is 20.7 Å². The monoisotopic (exact) mass is 234 g/mol. The first-order valence-electron chi connectivity index (χ1n) is 3.39. The van der Waals surface area contributed by atoms with Crippen molar-refractivity contribution in [2.45, 2.75) is 0 Å². The van der Waals surface area contributed by atoms with Gasteiger partial charge in [0.05, 0.1) is 21.2 Å². The van der Waals surface area contributed by atoms with Gasteiger partial charge in [-0.3, -0.25) is 0 Å². The van der Waals surface area contributed by atoms with Crippen LogP contribution in [0.15, 0.2) is 12.1 Å². The molecule has 0 aliphatic carbocycles. The van der Waals surface area contributed by atoms with Gasteiger partial charge < -0.3 is 10.2 Å². The average Bonchev–Trinajstić information content (AvgIpc) is 2.02. The fraction of sp³-hybridized carbons (Fsp3) is 0. The lowest BCUT2D eigenvalue weighted by atomic mass is 10.1. The van der Waals surface area contributed by atoms with E-state index in [1.165, 1.54) is 0 Å². The third-order valence-electron chi connectivity index (χ3n) is 1.52. The Labute approximate surface area is 88.7 Å². The zero-order valence-electron chi connectivity index (χ0n) is 6.62. The highest BCUT2D eigenvalue weighted by Gasteiger charge is 2.16. The molecule has 0 unspecified atom stereocenters. The molecule has 74 valence electrons. The summed E-state index contributed by atoms with van der Waals surface area (Å²) >= 11 is 11.1. The fourth-order valence-electron chi connectivity index (χ4n) is 0.877. The summed E-state index contributed by atoms with van der Waals surface area (Å²) in [6.45, 7) is 0. The Bertz CT molecular complexity index is 379. The molecule has 0 saturated heterocycles. The van der Waals surface area contributed by atoms with Crippen LogP contribution in [0.3, 0.4) is 0 Å². The molecule has 14 heavy (non-hydrogen) atoms. The van der Waals surface area contributed by atoms with Gasteiger partial charge in [0, 0.05) is 0 Å². The molecule has 6 heteroatoms. The fourth-order valence-corrected chi connectivity index (χ4v) is 1.42. The Morgan fingerprint density at radius 3 is 1.57 bits per heavy atom. The van der Waals surface area contributed by atoms with Gasteiger partial charge >= 0.3 is 11.9 Å². The van der Waals surface area contributed by atoms with Gasteiger partial charge in [-0.1, -0.05) is 23.2 Å². The molecule has 1 aromatic carbocycles. The molecule has 0 aliphatic rings. The van der Waals surface area contributed by atoms with Gasteiger partial charge in [-0.05, 0) is 12.1 Å². The second-order valence-corrected chi connectivity index (χ2v) is 3.24. The normalized spacial score (nSPS) is 9.86. The van der Waals surface area contributed by atoms with E-state index in [1.807, 2.05) is 0 Å². The van der Waals surface area contributed by atoms with Crippen LogP contribution in [0.2, 0.25) is 10.0 Å². The summed E-state index contributed by atoms with van der Waals surface area (Å²) in [5, 5.41) is 17.1. The van der Waals surface area contributed by atoms with Crippen molar-refractivity contribution in [3.8, 4) is 0 Å². The van der Waals surface area contributed by atoms with Crippen LogP contribution in [-0.2, 0) is 0 Å². The summed E-state index contributed by atoms with van der Waals surface area (Å²) in [5.74, 6) is -2.59. The van der Waals surface area contributed by atoms with Crippen LogP contribution in [0, 0.1) is 0 Å². The number of carboxylic acid groups (broad SMARTS) is 2. The minimum Gasteiger partial charge on any atom is -0.478 e. The molecule has 4 nitrogen and oxygen atoms in total. The second kappa shape index (κ2) is 3.86. The van der Waals surface area contributed by atoms with Gasteiger partial charge in [0.1, 0.15) is 0 Å². The van der Waals surface area contributed by atoms with Crippen LogP contribution in [0.4, 0.5) is 0 Å². The molecule has 0 radical (unpaired) electrons. The number of rotatable bonds is 2. The predicted octanol–water partition coefficient (Wildman–Crippen LogP) is 2.39. The summed E-state index contributed by atoms with van der Waals surface area (Å²) < 4.78 is 0. The Kier molecular flexibility index (Phi) is 2.98. The SMILES string of the molecule is O=C(O)c1cc(C(=O)O)c(Cl)cc1Cl. The molecule has 0 amide bonds. The van der Waals surface area contributed by atoms with Crippen molar-refractivity contribution in [1.82, 2.24) is 0 Å². The molecule has 0 bridgehead atoms. The highest BCUT2D eigenvalue weighted by Crippen LogP contribution is 2.25. The molecule has 0 heterocycles. The third-order valence-corrected chi connectivity index (χ3v) is 2.14. The Morgan fingerprint density at radius 1 is 0.929 bits per heavy atom. The molecule has 0 aliphatic heterocycles. The van der Waals surface area contributed by atoms with Crippen molar-refractivity contribution >= 4 is 35.1 Å². The number of benzene rings is 1. The van der Waals surface area contributed by atoms with Gasteiger partial charge in [-0.25, -0.2) is 9.59 Å². The average molecular weight is 235 g/mol. The van der Waals surface area contributed by atoms with E-state index < -0.39 is 11.9 Å². The molecule has 0 atom stereocenters. The molecule has 0 aromatic heterocycles. The lowest BCUT2D eigenvalue weighted by molar-refractivity contribution is 0.0696. The molecule has 1 aromatic rings. The van der Waals surface area contributed by atoms with E-state index in [0.29, 0.717) is 0 Å². The van der Waals surface area contributed by atoms with Crippen LogP contribution in [0.5, 0.6) is 0 Å². The number of aromatic carboxylic acids is 2. The van der Waals surface area contributed by atoms with Gasteiger partial charge in [0.2, 0.25) is 0 Å². The number of carbonyl (C=O) groups is 2. The number of carboxylic acids is 2. The quantitative estimate of drug-likeness (QED) is 0.825. The number of halogens is 2. The van der Waals surface area contributed by atoms with Gasteiger partial charge in [-0.15, -0.1) is 0 Å². The summed E-state index contributed by atoms with van der Waals surface area (Å²) in [6, 6.07) is 2.02. The zero-order valence-corrected chi connectivity index (χ0v) is 8.13. The molecule has 2 N–H and O–H groups in total. The second-order valence-electron chi connectivity index (χ2n) is 2.42. The maximum Gasteiger partial charge on any atom is 0.337 e. The Morgan fingerprint density at radius 2 is 1.29 bits per heavy atom. The zero-order chi connectivity index (χ0) is 10.9. The van der Waals surface area contributed by atoms with E-state index in [1.54, 1.807) is 0 Å². The van der Waals surface area contributed by atoms with Crippen molar-refractivity contribution in [3.63, 3.8) is 0 Å². The minimum absolute atomic E-state index is 0.0903. The van der Waals surface area contributed by atoms with Crippen LogP contribution in [0.25, 0.3) is 0 Å². The summed E-state index contributed by atoms with van der Waals surface area (Å²) in [7, 11) is 0. The molecular weight excluding hydrogens is 231 g/mol.